The van der Waals surface area contributed by atoms with Crippen molar-refractivity contribution in [3.63, 3.8) is 0 Å². The first-order valence-corrected chi connectivity index (χ1v) is 7.00. The lowest BCUT2D eigenvalue weighted by molar-refractivity contribution is -0.116. The van der Waals surface area contributed by atoms with Gasteiger partial charge in [0.1, 0.15) is 12.4 Å². The smallest absolute Gasteiger partial charge is 0.224 e. The number of ether oxygens (including phenoxy) is 1. The van der Waals surface area contributed by atoms with Crippen LogP contribution in [0.15, 0.2) is 18.2 Å². The first-order chi connectivity index (χ1) is 9.22. The second-order valence-corrected chi connectivity index (χ2v) is 4.74. The van der Waals surface area contributed by atoms with Gasteiger partial charge in [-0.25, -0.2) is 0 Å². The van der Waals surface area contributed by atoms with E-state index in [0.717, 1.165) is 37.5 Å². The molecule has 0 saturated carbocycles. The van der Waals surface area contributed by atoms with Crippen molar-refractivity contribution >= 4 is 11.6 Å². The molecule has 0 aliphatic carbocycles. The molecule has 1 heterocycles. The average molecular weight is 262 g/mol. The molecule has 4 nitrogen and oxygen atoms in total. The summed E-state index contributed by atoms with van der Waals surface area (Å²) in [5.74, 6) is 0.917. The third-order valence-electron chi connectivity index (χ3n) is 3.55. The van der Waals surface area contributed by atoms with E-state index in [0.29, 0.717) is 13.0 Å². The van der Waals surface area contributed by atoms with Crippen LogP contribution in [0.4, 0.5) is 5.69 Å². The molecule has 0 saturated heterocycles. The average Bonchev–Trinajstić information content (AvgIpc) is 2.43. The van der Waals surface area contributed by atoms with Crippen molar-refractivity contribution in [1.82, 2.24) is 4.90 Å². The van der Waals surface area contributed by atoms with Crippen molar-refractivity contribution in [2.75, 3.05) is 31.6 Å². The van der Waals surface area contributed by atoms with Crippen molar-refractivity contribution in [1.29, 1.82) is 0 Å². The monoisotopic (exact) mass is 262 g/mol. The maximum absolute atomic E-state index is 11.4. The number of rotatable bonds is 6. The topological polar surface area (TPSA) is 41.6 Å². The second kappa shape index (κ2) is 6.57. The van der Waals surface area contributed by atoms with Gasteiger partial charge in [0.25, 0.3) is 0 Å². The third kappa shape index (κ3) is 3.70. The maximum Gasteiger partial charge on any atom is 0.224 e. The van der Waals surface area contributed by atoms with Crippen LogP contribution in [0.1, 0.15) is 25.8 Å². The van der Waals surface area contributed by atoms with Gasteiger partial charge >= 0.3 is 0 Å². The molecular formula is C15H22N2O2. The van der Waals surface area contributed by atoms with Gasteiger partial charge in [-0.2, -0.15) is 0 Å². The van der Waals surface area contributed by atoms with E-state index >= 15 is 0 Å². The highest BCUT2D eigenvalue weighted by Crippen LogP contribution is 2.26. The molecule has 1 aromatic rings. The molecule has 0 unspecified atom stereocenters. The summed E-state index contributed by atoms with van der Waals surface area (Å²) < 4.78 is 5.75. The van der Waals surface area contributed by atoms with Gasteiger partial charge < -0.3 is 15.0 Å². The molecular weight excluding hydrogens is 240 g/mol. The van der Waals surface area contributed by atoms with Crippen molar-refractivity contribution in [2.45, 2.75) is 26.7 Å². The number of anilines is 1. The summed E-state index contributed by atoms with van der Waals surface area (Å²) in [6, 6.07) is 5.95. The fourth-order valence-corrected chi connectivity index (χ4v) is 2.27. The van der Waals surface area contributed by atoms with E-state index in [2.05, 4.69) is 24.1 Å². The number of aryl methyl sites for hydroxylation is 1. The lowest BCUT2D eigenvalue weighted by Crippen LogP contribution is -2.28. The first-order valence-electron chi connectivity index (χ1n) is 7.00. The Kier molecular flexibility index (Phi) is 4.80. The SMILES string of the molecule is CCN(CC)CCOc1ccc2c(c1)NC(=O)CC2. The number of benzene rings is 1. The number of likely N-dealkylation sites (N-methyl/N-ethyl adjacent to an activating group) is 1. The Morgan fingerprint density at radius 3 is 2.79 bits per heavy atom. The molecule has 1 N–H and O–H groups in total. The molecule has 1 amide bonds. The number of hydrogen-bond acceptors (Lipinski definition) is 3. The zero-order valence-electron chi connectivity index (χ0n) is 11.7. The van der Waals surface area contributed by atoms with E-state index in [9.17, 15) is 4.79 Å². The molecule has 0 spiro atoms. The van der Waals surface area contributed by atoms with Gasteiger partial charge in [0.15, 0.2) is 0 Å². The molecule has 1 aliphatic rings. The minimum Gasteiger partial charge on any atom is -0.492 e. The van der Waals surface area contributed by atoms with Crippen molar-refractivity contribution in [3.05, 3.63) is 23.8 Å². The van der Waals surface area contributed by atoms with E-state index in [4.69, 9.17) is 4.74 Å². The predicted octanol–water partition coefficient (Wildman–Crippen LogP) is 2.29. The Morgan fingerprint density at radius 2 is 2.05 bits per heavy atom. The highest BCUT2D eigenvalue weighted by Gasteiger charge is 2.14. The molecule has 0 atom stereocenters. The molecule has 19 heavy (non-hydrogen) atoms. The van der Waals surface area contributed by atoms with Crippen LogP contribution in [-0.4, -0.2) is 37.0 Å². The highest BCUT2D eigenvalue weighted by atomic mass is 16.5. The molecule has 1 aliphatic heterocycles. The minimum atomic E-state index is 0.0905. The highest BCUT2D eigenvalue weighted by molar-refractivity contribution is 5.94. The van der Waals surface area contributed by atoms with Gasteiger partial charge in [-0.3, -0.25) is 4.79 Å². The summed E-state index contributed by atoms with van der Waals surface area (Å²) >= 11 is 0. The van der Waals surface area contributed by atoms with Crippen LogP contribution >= 0.6 is 0 Å². The van der Waals surface area contributed by atoms with Crippen LogP contribution in [0.5, 0.6) is 5.75 Å². The Balaban J connectivity index is 1.91. The Bertz CT molecular complexity index is 442. The Labute approximate surface area is 114 Å². The van der Waals surface area contributed by atoms with Crippen LogP contribution in [-0.2, 0) is 11.2 Å². The summed E-state index contributed by atoms with van der Waals surface area (Å²) in [4.78, 5) is 13.7. The van der Waals surface area contributed by atoms with Gasteiger partial charge in [0, 0.05) is 24.7 Å². The fraction of sp³-hybridized carbons (Fsp3) is 0.533. The number of nitrogens with zero attached hydrogens (tertiary/aromatic N) is 1. The number of amides is 1. The van der Waals surface area contributed by atoms with Crippen molar-refractivity contribution in [2.24, 2.45) is 0 Å². The zero-order valence-corrected chi connectivity index (χ0v) is 11.7. The normalized spacial score (nSPS) is 14.2. The number of nitrogens with one attached hydrogen (secondary N) is 1. The molecule has 1 aromatic carbocycles. The second-order valence-electron chi connectivity index (χ2n) is 4.74. The fourth-order valence-electron chi connectivity index (χ4n) is 2.27. The Morgan fingerprint density at radius 1 is 1.26 bits per heavy atom. The van der Waals surface area contributed by atoms with Gasteiger partial charge in [0.05, 0.1) is 0 Å². The quantitative estimate of drug-likeness (QED) is 0.855. The minimum absolute atomic E-state index is 0.0905. The summed E-state index contributed by atoms with van der Waals surface area (Å²) in [6.07, 6.45) is 1.40. The third-order valence-corrected chi connectivity index (χ3v) is 3.55. The number of carbonyl (C=O) groups is 1. The summed E-state index contributed by atoms with van der Waals surface area (Å²) in [7, 11) is 0. The van der Waals surface area contributed by atoms with E-state index in [-0.39, 0.29) is 5.91 Å². The Hall–Kier alpha value is -1.55. The van der Waals surface area contributed by atoms with Gasteiger partial charge in [-0.1, -0.05) is 19.9 Å². The molecule has 0 fully saturated rings. The summed E-state index contributed by atoms with van der Waals surface area (Å²) in [5, 5.41) is 2.89. The van der Waals surface area contributed by atoms with Crippen LogP contribution in [0.2, 0.25) is 0 Å². The van der Waals surface area contributed by atoms with Gasteiger partial charge in [-0.15, -0.1) is 0 Å². The first kappa shape index (κ1) is 13.9. The lowest BCUT2D eigenvalue weighted by atomic mass is 10.0. The summed E-state index contributed by atoms with van der Waals surface area (Å²) in [6.45, 7) is 7.99. The van der Waals surface area contributed by atoms with Crippen LogP contribution in [0, 0.1) is 0 Å². The summed E-state index contributed by atoms with van der Waals surface area (Å²) in [5.41, 5.74) is 2.09. The molecule has 104 valence electrons. The molecule has 0 radical (unpaired) electrons. The van der Waals surface area contributed by atoms with Gasteiger partial charge in [-0.05, 0) is 31.1 Å². The van der Waals surface area contributed by atoms with Crippen LogP contribution in [0.3, 0.4) is 0 Å². The zero-order chi connectivity index (χ0) is 13.7. The van der Waals surface area contributed by atoms with Crippen molar-refractivity contribution in [3.8, 4) is 5.75 Å². The van der Waals surface area contributed by atoms with Crippen LogP contribution in [0.25, 0.3) is 0 Å². The molecule has 2 rings (SSSR count). The van der Waals surface area contributed by atoms with Crippen molar-refractivity contribution < 1.29 is 9.53 Å². The van der Waals surface area contributed by atoms with E-state index in [1.165, 1.54) is 5.56 Å². The maximum atomic E-state index is 11.4. The molecule has 0 bridgehead atoms. The van der Waals surface area contributed by atoms with E-state index in [1.54, 1.807) is 0 Å². The lowest BCUT2D eigenvalue weighted by Gasteiger charge is -2.20. The number of hydrogen-bond donors (Lipinski definition) is 1. The van der Waals surface area contributed by atoms with Crippen LogP contribution < -0.4 is 10.1 Å². The van der Waals surface area contributed by atoms with E-state index in [1.807, 2.05) is 18.2 Å². The number of fused-ring (bicyclic) bond motifs is 1. The standard InChI is InChI=1S/C15H22N2O2/c1-3-17(4-2)9-10-19-13-7-5-12-6-8-15(18)16-14(12)11-13/h5,7,11H,3-4,6,8-10H2,1-2H3,(H,16,18). The molecule has 4 heteroatoms. The molecule has 0 aromatic heterocycles. The number of carbonyl (C=O) groups excluding carboxylic acids is 1. The van der Waals surface area contributed by atoms with Gasteiger partial charge in [0.2, 0.25) is 5.91 Å². The van der Waals surface area contributed by atoms with E-state index < -0.39 is 0 Å². The largest absolute Gasteiger partial charge is 0.492 e. The predicted molar refractivity (Wildman–Crippen MR) is 76.7 cm³/mol.